The molecule has 1 heterocycles. The molecular weight excluding hydrogens is 583 g/mol. The van der Waals surface area contributed by atoms with Gasteiger partial charge >= 0.3 is 6.28 Å². The predicted octanol–water partition coefficient (Wildman–Crippen LogP) is 8.25. The zero-order valence-electron chi connectivity index (χ0n) is 26.5. The standard InChI is InChI=1S/C36H40BF5NP/c1-8-9-11-14-37(43-16-12-10-13-17-43,29-30(38)32(40)34(42)33(41)31(29)39)15-18-44(35-25(4)19-23(2)20-26(35)5)36-27(6)21-24(3)22-28(36)7/h10-14,16-17,19-22H,8-9,15,18H2,1-7H3/b14-11+/t37-/m0/s1. The number of allylic oxidation sites excluding steroid dienone is 1. The number of nitrogens with zero attached hydrogens (tertiary/aromatic N) is 1. The van der Waals surface area contributed by atoms with Gasteiger partial charge in [-0.3, -0.25) is 0 Å². The molecule has 4 rings (SSSR count). The van der Waals surface area contributed by atoms with Crippen LogP contribution in [0.15, 0.2) is 66.9 Å². The molecule has 1 nitrogen and oxygen atoms in total. The summed E-state index contributed by atoms with van der Waals surface area (Å²) in [6, 6.07) is 13.8. The van der Waals surface area contributed by atoms with Crippen LogP contribution in [0.5, 0.6) is 0 Å². The Bertz CT molecular complexity index is 1570. The Morgan fingerprint density at radius 1 is 0.659 bits per heavy atom. The fourth-order valence-electron chi connectivity index (χ4n) is 6.86. The number of aromatic nitrogens is 1. The molecule has 0 amide bonds. The SMILES string of the molecule is CCC/C=C/[B@-](CCP(c1c(C)cc(C)cc1C)c1c(C)cc(C)cc1C)(c1c(F)c(F)c(F)c(F)c1F)[n+]1ccccc1. The fraction of sp³-hybridized carbons (Fsp3) is 0.306. The van der Waals surface area contributed by atoms with Gasteiger partial charge in [0.1, 0.15) is 24.0 Å². The minimum absolute atomic E-state index is 0.151. The van der Waals surface area contributed by atoms with Crippen molar-refractivity contribution in [3.05, 3.63) is 129 Å². The second kappa shape index (κ2) is 13.8. The van der Waals surface area contributed by atoms with E-state index in [4.69, 9.17) is 0 Å². The molecule has 0 fully saturated rings. The van der Waals surface area contributed by atoms with Crippen molar-refractivity contribution in [3.8, 4) is 0 Å². The number of halogens is 5. The third-order valence-corrected chi connectivity index (χ3v) is 11.7. The maximum Gasteiger partial charge on any atom is 0.331 e. The smallest absolute Gasteiger partial charge is 0.331 e. The molecule has 0 aliphatic carbocycles. The lowest BCUT2D eigenvalue weighted by Gasteiger charge is -2.35. The van der Waals surface area contributed by atoms with Gasteiger partial charge in [0.15, 0.2) is 17.5 Å². The van der Waals surface area contributed by atoms with Crippen molar-refractivity contribution in [1.82, 2.24) is 0 Å². The van der Waals surface area contributed by atoms with Crippen molar-refractivity contribution in [2.75, 3.05) is 6.16 Å². The fourth-order valence-corrected chi connectivity index (χ4v) is 10.1. The van der Waals surface area contributed by atoms with Crippen LogP contribution < -0.4 is 20.5 Å². The summed E-state index contributed by atoms with van der Waals surface area (Å²) in [7, 11) is -1.10. The van der Waals surface area contributed by atoms with Crippen LogP contribution in [0, 0.1) is 70.6 Å². The summed E-state index contributed by atoms with van der Waals surface area (Å²) < 4.78 is 77.5. The number of benzene rings is 3. The van der Waals surface area contributed by atoms with Crippen LogP contribution in [0.4, 0.5) is 22.0 Å². The number of aryl methyl sites for hydroxylation is 6. The van der Waals surface area contributed by atoms with Crippen molar-refractivity contribution < 1.29 is 26.4 Å². The molecule has 0 saturated heterocycles. The first-order valence-corrected chi connectivity index (χ1v) is 16.6. The second-order valence-electron chi connectivity index (χ2n) is 12.0. The van der Waals surface area contributed by atoms with Crippen LogP contribution in [0.25, 0.3) is 0 Å². The summed E-state index contributed by atoms with van der Waals surface area (Å²) in [6.07, 6.45) is 4.43. The van der Waals surface area contributed by atoms with Gasteiger partial charge in [0, 0.05) is 0 Å². The molecular formula is C36H40BF5NP. The summed E-state index contributed by atoms with van der Waals surface area (Å²) in [5.74, 6) is -7.88. The molecule has 1 aromatic heterocycles. The van der Waals surface area contributed by atoms with Gasteiger partial charge in [0.05, 0.1) is 0 Å². The number of hydrogen-bond donors (Lipinski definition) is 0. The molecule has 1 atom stereocenters. The van der Waals surface area contributed by atoms with Crippen molar-refractivity contribution in [3.63, 3.8) is 0 Å². The zero-order chi connectivity index (χ0) is 32.3. The van der Waals surface area contributed by atoms with Gasteiger partial charge in [-0.2, -0.15) is 5.98 Å². The highest BCUT2D eigenvalue weighted by Crippen LogP contribution is 2.41. The maximum absolute atomic E-state index is 15.9. The summed E-state index contributed by atoms with van der Waals surface area (Å²) in [4.78, 5) is 0. The van der Waals surface area contributed by atoms with Gasteiger partial charge in [0.2, 0.25) is 0 Å². The normalized spacial score (nSPS) is 13.2. The van der Waals surface area contributed by atoms with E-state index in [0.29, 0.717) is 12.6 Å². The van der Waals surface area contributed by atoms with Crippen LogP contribution in [0.1, 0.15) is 53.1 Å². The highest BCUT2D eigenvalue weighted by molar-refractivity contribution is 7.73. The summed E-state index contributed by atoms with van der Waals surface area (Å²) in [5, 5.41) is 2.36. The van der Waals surface area contributed by atoms with Crippen molar-refractivity contribution in [1.29, 1.82) is 0 Å². The van der Waals surface area contributed by atoms with Gasteiger partial charge in [-0.1, -0.05) is 66.6 Å². The minimum atomic E-state index is -2.65. The topological polar surface area (TPSA) is 3.88 Å². The highest BCUT2D eigenvalue weighted by Gasteiger charge is 2.44. The first kappa shape index (κ1) is 33.6. The number of hydrogen-bond acceptors (Lipinski definition) is 0. The Morgan fingerprint density at radius 2 is 1.09 bits per heavy atom. The molecule has 4 aromatic rings. The molecule has 0 radical (unpaired) electrons. The van der Waals surface area contributed by atoms with E-state index >= 15 is 8.78 Å². The Hall–Kier alpha value is -3.31. The predicted molar refractivity (Wildman–Crippen MR) is 175 cm³/mol. The molecule has 0 spiro atoms. The first-order chi connectivity index (χ1) is 20.8. The highest BCUT2D eigenvalue weighted by atomic mass is 31.1. The molecule has 8 heteroatoms. The third kappa shape index (κ3) is 6.40. The Kier molecular flexibility index (Phi) is 10.5. The van der Waals surface area contributed by atoms with E-state index in [0.717, 1.165) is 39.8 Å². The molecule has 0 aliphatic heterocycles. The lowest BCUT2D eigenvalue weighted by Crippen LogP contribution is -2.72. The van der Waals surface area contributed by atoms with E-state index in [1.54, 1.807) is 41.0 Å². The van der Waals surface area contributed by atoms with Gasteiger partial charge in [-0.05, 0) is 107 Å². The average Bonchev–Trinajstić information content (AvgIpc) is 2.96. The molecule has 0 bridgehead atoms. The summed E-state index contributed by atoms with van der Waals surface area (Å²) in [6.45, 7) is 14.4. The Balaban J connectivity index is 2.05. The monoisotopic (exact) mass is 623 g/mol. The number of rotatable bonds is 10. The quantitative estimate of drug-likeness (QED) is 0.0551. The van der Waals surface area contributed by atoms with E-state index in [-0.39, 0.29) is 6.32 Å². The van der Waals surface area contributed by atoms with E-state index in [1.165, 1.54) is 10.6 Å². The van der Waals surface area contributed by atoms with Crippen LogP contribution in [-0.4, -0.2) is 12.4 Å². The first-order valence-electron chi connectivity index (χ1n) is 15.1. The van der Waals surface area contributed by atoms with E-state index in [1.807, 2.05) is 13.0 Å². The maximum atomic E-state index is 15.9. The molecule has 0 N–H and O–H groups in total. The minimum Gasteiger partial charge on any atom is -0.419 e. The number of pyridine rings is 1. The van der Waals surface area contributed by atoms with Gasteiger partial charge in [-0.25, -0.2) is 22.0 Å². The molecule has 0 aliphatic rings. The lowest BCUT2D eigenvalue weighted by molar-refractivity contribution is -0.543. The third-order valence-electron chi connectivity index (χ3n) is 8.53. The van der Waals surface area contributed by atoms with Gasteiger partial charge < -0.3 is 4.48 Å². The lowest BCUT2D eigenvalue weighted by atomic mass is 9.29. The molecule has 0 saturated carbocycles. The van der Waals surface area contributed by atoms with Crippen LogP contribution in [-0.2, 0) is 0 Å². The van der Waals surface area contributed by atoms with Crippen molar-refractivity contribution in [2.45, 2.75) is 67.6 Å². The summed E-state index contributed by atoms with van der Waals surface area (Å²) >= 11 is 0. The largest absolute Gasteiger partial charge is 0.419 e. The van der Waals surface area contributed by atoms with E-state index in [2.05, 4.69) is 65.8 Å². The van der Waals surface area contributed by atoms with E-state index in [9.17, 15) is 13.2 Å². The average molecular weight is 623 g/mol. The van der Waals surface area contributed by atoms with E-state index < -0.39 is 48.8 Å². The Labute approximate surface area is 259 Å². The number of unbranched alkanes of at least 4 members (excludes halogenated alkanes) is 1. The van der Waals surface area contributed by atoms with Gasteiger partial charge in [0.25, 0.3) is 0 Å². The second-order valence-corrected chi connectivity index (χ2v) is 14.2. The van der Waals surface area contributed by atoms with Crippen LogP contribution in [0.3, 0.4) is 0 Å². The zero-order valence-corrected chi connectivity index (χ0v) is 27.4. The molecule has 232 valence electrons. The van der Waals surface area contributed by atoms with Gasteiger partial charge in [-0.15, -0.1) is 6.08 Å². The Morgan fingerprint density at radius 3 is 1.52 bits per heavy atom. The molecule has 3 aromatic carbocycles. The summed E-state index contributed by atoms with van der Waals surface area (Å²) in [5.41, 5.74) is 5.98. The molecule has 44 heavy (non-hydrogen) atoms. The van der Waals surface area contributed by atoms with Crippen molar-refractivity contribution >= 4 is 30.3 Å². The molecule has 0 unspecified atom stereocenters. The van der Waals surface area contributed by atoms with Crippen molar-refractivity contribution in [2.24, 2.45) is 0 Å². The van der Waals surface area contributed by atoms with Crippen LogP contribution >= 0.6 is 7.92 Å². The van der Waals surface area contributed by atoms with Crippen LogP contribution in [0.2, 0.25) is 6.32 Å².